The van der Waals surface area contributed by atoms with E-state index in [4.69, 9.17) is 11.6 Å². The van der Waals surface area contributed by atoms with Gasteiger partial charge < -0.3 is 4.90 Å². The molecule has 88 valence electrons. The van der Waals surface area contributed by atoms with Crippen LogP contribution in [-0.4, -0.2) is 18.2 Å². The maximum atomic E-state index is 13.3. The van der Waals surface area contributed by atoms with E-state index in [0.717, 1.165) is 6.07 Å². The minimum absolute atomic E-state index is 0.155. The maximum absolute atomic E-state index is 13.3. The predicted octanol–water partition coefficient (Wildman–Crippen LogP) is 2.58. The van der Waals surface area contributed by atoms with Gasteiger partial charge in [-0.1, -0.05) is 23.8 Å². The molecular formula is C12H9ClFNO2. The number of hydrogen-bond donors (Lipinski definition) is 0. The monoisotopic (exact) mass is 253 g/mol. The number of Topliss-reactive ketones (excluding diaryl/α,β-unsaturated/α-hetero) is 1. The number of halogens is 2. The van der Waals surface area contributed by atoms with E-state index in [9.17, 15) is 14.0 Å². The number of carbonyl (C=O) groups is 2. The lowest BCUT2D eigenvalue weighted by molar-refractivity contribution is -0.114. The van der Waals surface area contributed by atoms with Crippen molar-refractivity contribution in [2.75, 3.05) is 11.4 Å². The fourth-order valence-corrected chi connectivity index (χ4v) is 1.84. The quantitative estimate of drug-likeness (QED) is 0.600. The van der Waals surface area contributed by atoms with Crippen molar-refractivity contribution in [1.29, 1.82) is 0 Å². The summed E-state index contributed by atoms with van der Waals surface area (Å²) in [4.78, 5) is 24.5. The van der Waals surface area contributed by atoms with Crippen LogP contribution in [-0.2, 0) is 4.79 Å². The number of nitrogens with zero attached hydrogens (tertiary/aromatic N) is 1. The maximum Gasteiger partial charge on any atom is 0.299 e. The first kappa shape index (κ1) is 11.8. The molecule has 0 atom stereocenters. The highest BCUT2D eigenvalue weighted by Crippen LogP contribution is 2.32. The molecule has 17 heavy (non-hydrogen) atoms. The van der Waals surface area contributed by atoms with Crippen LogP contribution in [0.25, 0.3) is 0 Å². The van der Waals surface area contributed by atoms with Gasteiger partial charge in [0.15, 0.2) is 0 Å². The molecule has 0 aliphatic carbocycles. The van der Waals surface area contributed by atoms with Gasteiger partial charge in [-0.3, -0.25) is 9.59 Å². The van der Waals surface area contributed by atoms with Gasteiger partial charge in [-0.2, -0.15) is 0 Å². The Morgan fingerprint density at radius 2 is 2.12 bits per heavy atom. The number of carbonyl (C=O) groups excluding carboxylic acids is 2. The van der Waals surface area contributed by atoms with Gasteiger partial charge in [0.1, 0.15) is 5.82 Å². The van der Waals surface area contributed by atoms with Crippen LogP contribution in [0.5, 0.6) is 0 Å². The van der Waals surface area contributed by atoms with Crippen LogP contribution in [0.4, 0.5) is 10.1 Å². The van der Waals surface area contributed by atoms with Crippen molar-refractivity contribution in [3.8, 4) is 0 Å². The zero-order valence-corrected chi connectivity index (χ0v) is 9.79. The molecule has 0 spiro atoms. The summed E-state index contributed by atoms with van der Waals surface area (Å²) < 4.78 is 13.3. The Morgan fingerprint density at radius 1 is 1.41 bits per heavy atom. The fourth-order valence-electron chi connectivity index (χ4n) is 1.68. The second-order valence-electron chi connectivity index (χ2n) is 3.60. The van der Waals surface area contributed by atoms with Gasteiger partial charge >= 0.3 is 0 Å². The average molecular weight is 254 g/mol. The Kier molecular flexibility index (Phi) is 2.98. The van der Waals surface area contributed by atoms with Crippen LogP contribution in [0.2, 0.25) is 5.02 Å². The highest BCUT2D eigenvalue weighted by molar-refractivity contribution is 6.52. The molecule has 0 aromatic heterocycles. The van der Waals surface area contributed by atoms with Crippen LogP contribution in [0, 0.1) is 5.82 Å². The molecule has 0 N–H and O–H groups in total. The Balaban J connectivity index is 2.52. The van der Waals surface area contributed by atoms with Gasteiger partial charge in [0, 0.05) is 6.54 Å². The molecular weight excluding hydrogens is 245 g/mol. The molecule has 0 unspecified atom stereocenters. The van der Waals surface area contributed by atoms with Crippen molar-refractivity contribution in [1.82, 2.24) is 0 Å². The summed E-state index contributed by atoms with van der Waals surface area (Å²) in [6.07, 6.45) is 3.47. The summed E-state index contributed by atoms with van der Waals surface area (Å²) in [6, 6.07) is 2.31. The van der Waals surface area contributed by atoms with Gasteiger partial charge in [0.05, 0.1) is 16.3 Å². The number of amides is 1. The standard InChI is InChI=1S/C12H9ClFNO2/c1-2-3-4-15-10-6-9(14)8(13)5-7(10)11(16)12(15)17/h2-3,5-6H,4H2,1H3. The zero-order chi connectivity index (χ0) is 12.6. The number of fused-ring (bicyclic) bond motifs is 1. The first-order chi connectivity index (χ1) is 8.06. The van der Waals surface area contributed by atoms with E-state index in [1.165, 1.54) is 11.0 Å². The lowest BCUT2D eigenvalue weighted by Crippen LogP contribution is -2.29. The molecule has 2 rings (SSSR count). The average Bonchev–Trinajstić information content (AvgIpc) is 2.52. The smallest absolute Gasteiger partial charge is 0.299 e. The van der Waals surface area contributed by atoms with Gasteiger partial charge in [0.25, 0.3) is 11.7 Å². The summed E-state index contributed by atoms with van der Waals surface area (Å²) in [7, 11) is 0. The largest absolute Gasteiger partial charge is 0.301 e. The molecule has 1 aliphatic heterocycles. The van der Waals surface area contributed by atoms with E-state index < -0.39 is 17.5 Å². The van der Waals surface area contributed by atoms with Crippen LogP contribution in [0.3, 0.4) is 0 Å². The molecule has 0 radical (unpaired) electrons. The Bertz CT molecular complexity index is 540. The second kappa shape index (κ2) is 4.30. The summed E-state index contributed by atoms with van der Waals surface area (Å²) >= 11 is 5.59. The number of anilines is 1. The van der Waals surface area contributed by atoms with E-state index in [2.05, 4.69) is 0 Å². The molecule has 1 aliphatic rings. The van der Waals surface area contributed by atoms with Crippen LogP contribution in [0.1, 0.15) is 17.3 Å². The second-order valence-corrected chi connectivity index (χ2v) is 4.00. The Hall–Kier alpha value is -1.68. The minimum atomic E-state index is -0.653. The summed E-state index contributed by atoms with van der Waals surface area (Å²) in [6.45, 7) is 2.04. The lowest BCUT2D eigenvalue weighted by atomic mass is 10.1. The Labute approximate surface area is 102 Å². The summed E-state index contributed by atoms with van der Waals surface area (Å²) in [5, 5.41) is -0.155. The molecule has 0 saturated heterocycles. The first-order valence-corrected chi connectivity index (χ1v) is 5.40. The molecule has 1 aromatic rings. The summed E-state index contributed by atoms with van der Waals surface area (Å²) in [5.74, 6) is -1.94. The van der Waals surface area contributed by atoms with Gasteiger partial charge in [0.2, 0.25) is 0 Å². The Morgan fingerprint density at radius 3 is 2.76 bits per heavy atom. The molecule has 0 bridgehead atoms. The van der Waals surface area contributed by atoms with Crippen molar-refractivity contribution >= 4 is 29.0 Å². The van der Waals surface area contributed by atoms with Crippen molar-refractivity contribution in [3.05, 3.63) is 40.7 Å². The van der Waals surface area contributed by atoms with Crippen molar-refractivity contribution in [3.63, 3.8) is 0 Å². The van der Waals surface area contributed by atoms with E-state index in [1.807, 2.05) is 0 Å². The van der Waals surface area contributed by atoms with Crippen molar-refractivity contribution in [2.45, 2.75) is 6.92 Å². The third kappa shape index (κ3) is 1.85. The topological polar surface area (TPSA) is 37.4 Å². The molecule has 5 heteroatoms. The number of allylic oxidation sites excluding steroid dienone is 1. The van der Waals surface area contributed by atoms with Crippen molar-refractivity contribution < 1.29 is 14.0 Å². The van der Waals surface area contributed by atoms with Crippen LogP contribution < -0.4 is 4.90 Å². The van der Waals surface area contributed by atoms with Crippen LogP contribution in [0.15, 0.2) is 24.3 Å². The van der Waals surface area contributed by atoms with Crippen LogP contribution >= 0.6 is 11.6 Å². The number of benzene rings is 1. The SMILES string of the molecule is CC=CCN1C(=O)C(=O)c2cc(Cl)c(F)cc21. The molecule has 3 nitrogen and oxygen atoms in total. The molecule has 0 saturated carbocycles. The van der Waals surface area contributed by atoms with Gasteiger partial charge in [-0.25, -0.2) is 4.39 Å². The lowest BCUT2D eigenvalue weighted by Gasteiger charge is -2.13. The van der Waals surface area contributed by atoms with E-state index in [-0.39, 0.29) is 22.8 Å². The van der Waals surface area contributed by atoms with E-state index in [0.29, 0.717) is 0 Å². The summed E-state index contributed by atoms with van der Waals surface area (Å²) in [5.41, 5.74) is 0.436. The molecule has 1 heterocycles. The van der Waals surface area contributed by atoms with Crippen molar-refractivity contribution in [2.24, 2.45) is 0 Å². The fraction of sp³-hybridized carbons (Fsp3) is 0.167. The molecule has 0 fully saturated rings. The van der Waals surface area contributed by atoms with Gasteiger partial charge in [-0.05, 0) is 19.1 Å². The third-order valence-corrected chi connectivity index (χ3v) is 2.83. The van der Waals surface area contributed by atoms with E-state index >= 15 is 0 Å². The molecule has 1 amide bonds. The normalized spacial score (nSPS) is 14.9. The first-order valence-electron chi connectivity index (χ1n) is 5.02. The highest BCUT2D eigenvalue weighted by atomic mass is 35.5. The number of rotatable bonds is 2. The molecule has 1 aromatic carbocycles. The van der Waals surface area contributed by atoms with Gasteiger partial charge in [-0.15, -0.1) is 0 Å². The van der Waals surface area contributed by atoms with E-state index in [1.54, 1.807) is 19.1 Å². The zero-order valence-electron chi connectivity index (χ0n) is 9.04. The number of hydrogen-bond acceptors (Lipinski definition) is 2. The number of ketones is 1. The minimum Gasteiger partial charge on any atom is -0.301 e. The predicted molar refractivity (Wildman–Crippen MR) is 62.9 cm³/mol. The third-order valence-electron chi connectivity index (χ3n) is 2.54. The highest BCUT2D eigenvalue weighted by Gasteiger charge is 2.36.